The smallest absolute Gasteiger partial charge is 0.211 e. The van der Waals surface area contributed by atoms with Gasteiger partial charge < -0.3 is 9.47 Å². The van der Waals surface area contributed by atoms with Gasteiger partial charge in [0.15, 0.2) is 0 Å². The van der Waals surface area contributed by atoms with Crippen LogP contribution in [0, 0.1) is 5.92 Å². The molecule has 6 heteroatoms. The first-order valence-corrected chi connectivity index (χ1v) is 6.45. The van der Waals surface area contributed by atoms with Crippen LogP contribution in [-0.4, -0.2) is 40.6 Å². The minimum absolute atomic E-state index is 0.101. The first-order valence-electron chi connectivity index (χ1n) is 4.74. The summed E-state index contributed by atoms with van der Waals surface area (Å²) in [6.45, 7) is 2.36. The first kappa shape index (κ1) is 11.9. The molecule has 1 aliphatic rings. The lowest BCUT2D eigenvalue weighted by Gasteiger charge is -2.21. The van der Waals surface area contributed by atoms with E-state index < -0.39 is 10.0 Å². The van der Waals surface area contributed by atoms with E-state index in [1.807, 2.05) is 0 Å². The fourth-order valence-corrected chi connectivity index (χ4v) is 1.69. The molecule has 1 rings (SSSR count). The third kappa shape index (κ3) is 5.54. The number of hydrogen-bond donors (Lipinski definition) is 1. The molecule has 14 heavy (non-hydrogen) atoms. The zero-order chi connectivity index (χ0) is 10.4. The number of primary sulfonamides is 1. The number of sulfonamides is 1. The Morgan fingerprint density at radius 3 is 2.57 bits per heavy atom. The highest BCUT2D eigenvalue weighted by atomic mass is 32.2. The van der Waals surface area contributed by atoms with Gasteiger partial charge in [0.05, 0.1) is 12.4 Å². The maximum Gasteiger partial charge on any atom is 0.211 e. The molecule has 0 atom stereocenters. The van der Waals surface area contributed by atoms with Gasteiger partial charge in [-0.1, -0.05) is 0 Å². The zero-order valence-electron chi connectivity index (χ0n) is 8.15. The number of hydrogen-bond acceptors (Lipinski definition) is 4. The molecule has 0 spiro atoms. The zero-order valence-corrected chi connectivity index (χ0v) is 8.96. The highest BCUT2D eigenvalue weighted by Gasteiger charge is 2.13. The maximum absolute atomic E-state index is 10.6. The van der Waals surface area contributed by atoms with E-state index in [-0.39, 0.29) is 12.4 Å². The van der Waals surface area contributed by atoms with E-state index in [0.717, 1.165) is 26.1 Å². The summed E-state index contributed by atoms with van der Waals surface area (Å²) in [7, 11) is -3.38. The topological polar surface area (TPSA) is 78.6 Å². The molecule has 2 N–H and O–H groups in total. The van der Waals surface area contributed by atoms with Gasteiger partial charge in [0.25, 0.3) is 0 Å². The number of rotatable bonds is 5. The van der Waals surface area contributed by atoms with Gasteiger partial charge in [-0.05, 0) is 18.8 Å². The van der Waals surface area contributed by atoms with Crippen LogP contribution in [-0.2, 0) is 19.5 Å². The molecular formula is C8H17NO4S. The molecule has 1 fully saturated rings. The normalized spacial score (nSPS) is 19.8. The van der Waals surface area contributed by atoms with Crippen LogP contribution in [0.25, 0.3) is 0 Å². The van der Waals surface area contributed by atoms with Crippen molar-refractivity contribution >= 4 is 10.0 Å². The molecular weight excluding hydrogens is 206 g/mol. The minimum atomic E-state index is -3.38. The van der Waals surface area contributed by atoms with Gasteiger partial charge in [0, 0.05) is 19.8 Å². The lowest BCUT2D eigenvalue weighted by Crippen LogP contribution is -2.24. The van der Waals surface area contributed by atoms with E-state index in [2.05, 4.69) is 0 Å². The minimum Gasteiger partial charge on any atom is -0.381 e. The quantitative estimate of drug-likeness (QED) is 0.650. The van der Waals surface area contributed by atoms with Gasteiger partial charge in [-0.2, -0.15) is 0 Å². The highest BCUT2D eigenvalue weighted by Crippen LogP contribution is 2.14. The van der Waals surface area contributed by atoms with E-state index in [0.29, 0.717) is 12.5 Å². The average molecular weight is 223 g/mol. The summed E-state index contributed by atoms with van der Waals surface area (Å²) < 4.78 is 31.5. The van der Waals surface area contributed by atoms with Crippen molar-refractivity contribution in [3.05, 3.63) is 0 Å². The Morgan fingerprint density at radius 2 is 2.00 bits per heavy atom. The largest absolute Gasteiger partial charge is 0.381 e. The van der Waals surface area contributed by atoms with Crippen LogP contribution in [0.15, 0.2) is 0 Å². The lowest BCUT2D eigenvalue weighted by atomic mass is 10.0. The van der Waals surface area contributed by atoms with Gasteiger partial charge in [0.2, 0.25) is 10.0 Å². The van der Waals surface area contributed by atoms with E-state index >= 15 is 0 Å². The standard InChI is InChI=1S/C8H17NO4S/c9-14(10,11)6-5-13-7-8-1-3-12-4-2-8/h8H,1-7H2,(H2,9,10,11). The second-order valence-corrected chi connectivity index (χ2v) is 5.23. The van der Waals surface area contributed by atoms with Gasteiger partial charge in [-0.3, -0.25) is 0 Å². The summed E-state index contributed by atoms with van der Waals surface area (Å²) >= 11 is 0. The van der Waals surface area contributed by atoms with Crippen molar-refractivity contribution in [3.8, 4) is 0 Å². The monoisotopic (exact) mass is 223 g/mol. The van der Waals surface area contributed by atoms with Crippen LogP contribution >= 0.6 is 0 Å². The van der Waals surface area contributed by atoms with Crippen LogP contribution in [0.1, 0.15) is 12.8 Å². The Labute approximate surface area is 84.6 Å². The molecule has 0 radical (unpaired) electrons. The Hall–Kier alpha value is -0.170. The van der Waals surface area contributed by atoms with Gasteiger partial charge in [0.1, 0.15) is 0 Å². The van der Waals surface area contributed by atoms with E-state index in [9.17, 15) is 8.42 Å². The predicted octanol–water partition coefficient (Wildman–Crippen LogP) is -0.282. The van der Waals surface area contributed by atoms with Crippen molar-refractivity contribution in [1.29, 1.82) is 0 Å². The van der Waals surface area contributed by atoms with E-state index in [1.54, 1.807) is 0 Å². The second kappa shape index (κ2) is 5.65. The molecule has 0 bridgehead atoms. The SMILES string of the molecule is NS(=O)(=O)CCOCC1CCOCC1. The fourth-order valence-electron chi connectivity index (χ4n) is 1.34. The molecule has 5 nitrogen and oxygen atoms in total. The summed E-state index contributed by atoms with van der Waals surface area (Å²) in [6.07, 6.45) is 1.99. The lowest BCUT2D eigenvalue weighted by molar-refractivity contribution is 0.0242. The summed E-state index contributed by atoms with van der Waals surface area (Å²) in [6, 6.07) is 0. The van der Waals surface area contributed by atoms with Crippen molar-refractivity contribution in [1.82, 2.24) is 0 Å². The third-order valence-electron chi connectivity index (χ3n) is 2.21. The summed E-state index contributed by atoms with van der Waals surface area (Å²) in [5, 5.41) is 4.83. The Bertz CT molecular complexity index is 246. The van der Waals surface area contributed by atoms with Crippen molar-refractivity contribution in [3.63, 3.8) is 0 Å². The molecule has 1 saturated heterocycles. The van der Waals surface area contributed by atoms with Crippen LogP contribution < -0.4 is 5.14 Å². The fraction of sp³-hybridized carbons (Fsp3) is 1.00. The molecule has 0 unspecified atom stereocenters. The molecule has 0 aromatic carbocycles. The van der Waals surface area contributed by atoms with E-state index in [1.165, 1.54) is 0 Å². The van der Waals surface area contributed by atoms with Crippen molar-refractivity contribution < 1.29 is 17.9 Å². The van der Waals surface area contributed by atoms with Crippen molar-refractivity contribution in [2.45, 2.75) is 12.8 Å². The Morgan fingerprint density at radius 1 is 1.36 bits per heavy atom. The summed E-state index contributed by atoms with van der Waals surface area (Å²) in [4.78, 5) is 0. The van der Waals surface area contributed by atoms with Crippen LogP contribution in [0.5, 0.6) is 0 Å². The van der Waals surface area contributed by atoms with Crippen molar-refractivity contribution in [2.75, 3.05) is 32.2 Å². The van der Waals surface area contributed by atoms with Gasteiger partial charge in [-0.25, -0.2) is 13.6 Å². The average Bonchev–Trinajstić information content (AvgIpc) is 2.13. The van der Waals surface area contributed by atoms with Crippen molar-refractivity contribution in [2.24, 2.45) is 11.1 Å². The van der Waals surface area contributed by atoms with E-state index in [4.69, 9.17) is 14.6 Å². The highest BCUT2D eigenvalue weighted by molar-refractivity contribution is 7.89. The molecule has 0 aliphatic carbocycles. The van der Waals surface area contributed by atoms with Crippen LogP contribution in [0.2, 0.25) is 0 Å². The Balaban J connectivity index is 2.03. The molecule has 0 saturated carbocycles. The van der Waals surface area contributed by atoms with Gasteiger partial charge in [-0.15, -0.1) is 0 Å². The van der Waals surface area contributed by atoms with Crippen LogP contribution in [0.4, 0.5) is 0 Å². The van der Waals surface area contributed by atoms with Gasteiger partial charge >= 0.3 is 0 Å². The molecule has 0 aromatic rings. The molecule has 0 aromatic heterocycles. The predicted molar refractivity (Wildman–Crippen MR) is 52.3 cm³/mol. The molecule has 1 aliphatic heterocycles. The summed E-state index contributed by atoms with van der Waals surface area (Å²) in [5.74, 6) is 0.403. The maximum atomic E-state index is 10.6. The second-order valence-electron chi connectivity index (χ2n) is 3.50. The number of nitrogens with two attached hydrogens (primary N) is 1. The first-order chi connectivity index (χ1) is 6.58. The molecule has 0 amide bonds. The third-order valence-corrected chi connectivity index (χ3v) is 2.94. The van der Waals surface area contributed by atoms with Crippen LogP contribution in [0.3, 0.4) is 0 Å². The Kier molecular flexibility index (Phi) is 4.80. The molecule has 84 valence electrons. The molecule has 1 heterocycles. The summed E-state index contributed by atoms with van der Waals surface area (Å²) in [5.41, 5.74) is 0. The number of ether oxygens (including phenoxy) is 2.